The van der Waals surface area contributed by atoms with Crippen molar-refractivity contribution in [2.24, 2.45) is 5.73 Å². The van der Waals surface area contributed by atoms with Crippen molar-refractivity contribution in [3.63, 3.8) is 0 Å². The van der Waals surface area contributed by atoms with Gasteiger partial charge in [-0.15, -0.1) is 0 Å². The molecule has 0 saturated carbocycles. The highest BCUT2D eigenvalue weighted by Gasteiger charge is 2.29. The molecule has 7 heteroatoms. The summed E-state index contributed by atoms with van der Waals surface area (Å²) in [6.07, 6.45) is 1.43. The van der Waals surface area contributed by atoms with Gasteiger partial charge < -0.3 is 11.1 Å². The molecular formula is C14H22FN3O2S. The van der Waals surface area contributed by atoms with Crippen LogP contribution in [0.1, 0.15) is 32.8 Å². The molecule has 0 radical (unpaired) electrons. The zero-order valence-electron chi connectivity index (χ0n) is 12.5. The zero-order chi connectivity index (χ0) is 15.8. The van der Waals surface area contributed by atoms with Gasteiger partial charge >= 0.3 is 0 Å². The first kappa shape index (κ1) is 16.2. The maximum absolute atomic E-state index is 14.2. The molecule has 2 rings (SSSR count). The van der Waals surface area contributed by atoms with Crippen LogP contribution in [0.4, 0.5) is 10.1 Å². The van der Waals surface area contributed by atoms with Crippen LogP contribution in [0.5, 0.6) is 0 Å². The number of anilines is 1. The Labute approximate surface area is 125 Å². The lowest BCUT2D eigenvalue weighted by Crippen LogP contribution is -2.40. The molecule has 1 aliphatic rings. The van der Waals surface area contributed by atoms with Gasteiger partial charge in [-0.05, 0) is 57.9 Å². The monoisotopic (exact) mass is 315 g/mol. The van der Waals surface area contributed by atoms with Crippen molar-refractivity contribution in [1.82, 2.24) is 4.72 Å². The first-order chi connectivity index (χ1) is 9.62. The summed E-state index contributed by atoms with van der Waals surface area (Å²) in [6, 6.07) is 2.81. The molecule has 0 aliphatic carbocycles. The highest BCUT2D eigenvalue weighted by molar-refractivity contribution is 7.89. The van der Waals surface area contributed by atoms with Gasteiger partial charge in [0.25, 0.3) is 0 Å². The smallest absolute Gasteiger partial charge is 0.244 e. The van der Waals surface area contributed by atoms with E-state index >= 15 is 0 Å². The molecule has 0 saturated heterocycles. The van der Waals surface area contributed by atoms with Gasteiger partial charge in [-0.2, -0.15) is 0 Å². The van der Waals surface area contributed by atoms with E-state index in [4.69, 9.17) is 5.73 Å². The first-order valence-electron chi connectivity index (χ1n) is 6.95. The van der Waals surface area contributed by atoms with Crippen LogP contribution in [0.2, 0.25) is 0 Å². The molecule has 0 spiro atoms. The minimum Gasteiger partial charge on any atom is -0.382 e. The average molecular weight is 315 g/mol. The number of hydrogen-bond donors (Lipinski definition) is 3. The highest BCUT2D eigenvalue weighted by Crippen LogP contribution is 2.31. The molecule has 0 bridgehead atoms. The predicted octanol–water partition coefficient (Wildman–Crippen LogP) is 1.59. The number of fused-ring (bicyclic) bond motifs is 1. The SMILES string of the molecule is CC(C)(C)NS(=O)(=O)c1cc2c(cc1F)CC(CCN)N2. The third kappa shape index (κ3) is 3.72. The summed E-state index contributed by atoms with van der Waals surface area (Å²) in [5, 5.41) is 3.20. The van der Waals surface area contributed by atoms with E-state index in [2.05, 4.69) is 10.0 Å². The van der Waals surface area contributed by atoms with Crippen LogP contribution in [0.25, 0.3) is 0 Å². The Morgan fingerprint density at radius 1 is 1.43 bits per heavy atom. The number of nitrogens with one attached hydrogen (secondary N) is 2. The molecule has 1 aromatic rings. The van der Waals surface area contributed by atoms with Crippen molar-refractivity contribution < 1.29 is 12.8 Å². The molecule has 1 aliphatic heterocycles. The van der Waals surface area contributed by atoms with Crippen molar-refractivity contribution >= 4 is 15.7 Å². The second-order valence-electron chi connectivity index (χ2n) is 6.42. The van der Waals surface area contributed by atoms with Crippen LogP contribution >= 0.6 is 0 Å². The average Bonchev–Trinajstić information content (AvgIpc) is 2.66. The van der Waals surface area contributed by atoms with Gasteiger partial charge in [-0.25, -0.2) is 17.5 Å². The lowest BCUT2D eigenvalue weighted by atomic mass is 10.1. The Morgan fingerprint density at radius 2 is 2.10 bits per heavy atom. The first-order valence-corrected chi connectivity index (χ1v) is 8.44. The second kappa shape index (κ2) is 5.55. The molecule has 0 aromatic heterocycles. The summed E-state index contributed by atoms with van der Waals surface area (Å²) in [6.45, 7) is 5.67. The third-order valence-corrected chi connectivity index (χ3v) is 5.00. The van der Waals surface area contributed by atoms with E-state index in [-0.39, 0.29) is 10.9 Å². The molecule has 21 heavy (non-hydrogen) atoms. The van der Waals surface area contributed by atoms with Gasteiger partial charge in [0.05, 0.1) is 0 Å². The van der Waals surface area contributed by atoms with Crippen LogP contribution in [-0.2, 0) is 16.4 Å². The minimum absolute atomic E-state index is 0.137. The maximum atomic E-state index is 14.2. The Bertz CT molecular complexity index is 638. The fraction of sp³-hybridized carbons (Fsp3) is 0.571. The molecule has 0 fully saturated rings. The Hall–Kier alpha value is -1.18. The second-order valence-corrected chi connectivity index (χ2v) is 8.07. The van der Waals surface area contributed by atoms with Crippen LogP contribution in [-0.4, -0.2) is 26.5 Å². The van der Waals surface area contributed by atoms with Gasteiger partial charge in [0.15, 0.2) is 0 Å². The van der Waals surface area contributed by atoms with Crippen LogP contribution in [0.15, 0.2) is 17.0 Å². The fourth-order valence-corrected chi connectivity index (χ4v) is 3.98. The quantitative estimate of drug-likeness (QED) is 0.788. The summed E-state index contributed by atoms with van der Waals surface area (Å²) in [4.78, 5) is -0.322. The van der Waals surface area contributed by atoms with Crippen molar-refractivity contribution in [1.29, 1.82) is 0 Å². The molecule has 118 valence electrons. The van der Waals surface area contributed by atoms with Crippen molar-refractivity contribution in [2.75, 3.05) is 11.9 Å². The molecule has 0 amide bonds. The Balaban J connectivity index is 2.35. The van der Waals surface area contributed by atoms with E-state index in [9.17, 15) is 12.8 Å². The van der Waals surface area contributed by atoms with Crippen LogP contribution in [0.3, 0.4) is 0 Å². The van der Waals surface area contributed by atoms with E-state index in [0.717, 1.165) is 12.0 Å². The number of hydrogen-bond acceptors (Lipinski definition) is 4. The number of sulfonamides is 1. The lowest BCUT2D eigenvalue weighted by Gasteiger charge is -2.21. The standard InChI is InChI=1S/C14H22FN3O2S/c1-14(2,3)18-21(19,20)13-8-12-9(7-11(13)15)6-10(17-12)4-5-16/h7-8,10,17-18H,4-6,16H2,1-3H3. The minimum atomic E-state index is -3.89. The molecule has 1 aromatic carbocycles. The molecule has 4 N–H and O–H groups in total. The summed E-state index contributed by atoms with van der Waals surface area (Å²) < 4.78 is 41.2. The summed E-state index contributed by atoms with van der Waals surface area (Å²) in [7, 11) is -3.89. The number of nitrogens with two attached hydrogens (primary N) is 1. The third-order valence-electron chi connectivity index (χ3n) is 3.23. The van der Waals surface area contributed by atoms with E-state index in [1.165, 1.54) is 12.1 Å². The molecule has 1 unspecified atom stereocenters. The zero-order valence-corrected chi connectivity index (χ0v) is 13.3. The van der Waals surface area contributed by atoms with Gasteiger partial charge in [-0.3, -0.25) is 0 Å². The maximum Gasteiger partial charge on any atom is 0.244 e. The van der Waals surface area contributed by atoms with E-state index in [1.807, 2.05) is 0 Å². The molecular weight excluding hydrogens is 293 g/mol. The number of benzene rings is 1. The highest BCUT2D eigenvalue weighted by atomic mass is 32.2. The summed E-state index contributed by atoms with van der Waals surface area (Å²) in [5.74, 6) is -0.722. The van der Waals surface area contributed by atoms with Gasteiger partial charge in [0, 0.05) is 17.3 Å². The van der Waals surface area contributed by atoms with E-state index < -0.39 is 21.4 Å². The van der Waals surface area contributed by atoms with E-state index in [0.29, 0.717) is 18.7 Å². The molecule has 1 heterocycles. The normalized spacial score (nSPS) is 18.4. The summed E-state index contributed by atoms with van der Waals surface area (Å²) >= 11 is 0. The van der Waals surface area contributed by atoms with Crippen molar-refractivity contribution in [3.8, 4) is 0 Å². The topological polar surface area (TPSA) is 84.2 Å². The van der Waals surface area contributed by atoms with Gasteiger partial charge in [0.2, 0.25) is 10.0 Å². The molecule has 1 atom stereocenters. The fourth-order valence-electron chi connectivity index (χ4n) is 2.47. The predicted molar refractivity (Wildman–Crippen MR) is 81.3 cm³/mol. The van der Waals surface area contributed by atoms with Crippen LogP contribution in [0, 0.1) is 5.82 Å². The van der Waals surface area contributed by atoms with Gasteiger partial charge in [-0.1, -0.05) is 0 Å². The van der Waals surface area contributed by atoms with Gasteiger partial charge in [0.1, 0.15) is 10.7 Å². The Morgan fingerprint density at radius 3 is 2.67 bits per heavy atom. The van der Waals surface area contributed by atoms with Crippen LogP contribution < -0.4 is 15.8 Å². The van der Waals surface area contributed by atoms with Crippen molar-refractivity contribution in [3.05, 3.63) is 23.5 Å². The summed E-state index contributed by atoms with van der Waals surface area (Å²) in [5.41, 5.74) is 6.32. The lowest BCUT2D eigenvalue weighted by molar-refractivity contribution is 0.486. The Kier molecular flexibility index (Phi) is 4.28. The largest absolute Gasteiger partial charge is 0.382 e. The number of rotatable bonds is 4. The van der Waals surface area contributed by atoms with E-state index in [1.54, 1.807) is 20.8 Å². The molecule has 5 nitrogen and oxygen atoms in total. The number of halogens is 1. The van der Waals surface area contributed by atoms with Crippen molar-refractivity contribution in [2.45, 2.75) is 50.1 Å².